The standard InChI is InChI=1S/C20H21NO5/c1-12(2)7-10-15-16(26-3)11-13(18(19(15)23)20(24)25)8-9-14-5-4-6-17(22)21-14/h4-6,8-9,11,23H,1,7,10H2,2-3H3,(H,21,22)(H,24,25)/b9-8+. The van der Waals surface area contributed by atoms with Gasteiger partial charge >= 0.3 is 5.97 Å². The van der Waals surface area contributed by atoms with Crippen LogP contribution in [0.2, 0.25) is 0 Å². The van der Waals surface area contributed by atoms with E-state index in [4.69, 9.17) is 4.74 Å². The van der Waals surface area contributed by atoms with Crippen LogP contribution in [0.1, 0.15) is 40.5 Å². The lowest BCUT2D eigenvalue weighted by Gasteiger charge is -2.15. The van der Waals surface area contributed by atoms with Crippen LogP contribution in [0.25, 0.3) is 12.2 Å². The van der Waals surface area contributed by atoms with Crippen molar-refractivity contribution in [2.24, 2.45) is 0 Å². The molecule has 6 heteroatoms. The third kappa shape index (κ3) is 4.42. The molecule has 3 N–H and O–H groups in total. The SMILES string of the molecule is C=C(C)CCc1c(OC)cc(/C=C/c2cccc(=O)[nH]2)c(C(=O)O)c1O. The van der Waals surface area contributed by atoms with E-state index in [1.54, 1.807) is 24.3 Å². The van der Waals surface area contributed by atoms with Crippen molar-refractivity contribution in [1.82, 2.24) is 4.98 Å². The second-order valence-electron chi connectivity index (χ2n) is 5.94. The molecule has 0 saturated heterocycles. The fourth-order valence-electron chi connectivity index (χ4n) is 2.56. The Labute approximate surface area is 151 Å². The van der Waals surface area contributed by atoms with Gasteiger partial charge in [-0.1, -0.05) is 17.7 Å². The number of aromatic amines is 1. The summed E-state index contributed by atoms with van der Waals surface area (Å²) in [4.78, 5) is 25.7. The molecule has 0 atom stereocenters. The van der Waals surface area contributed by atoms with Gasteiger partial charge in [0, 0.05) is 17.3 Å². The summed E-state index contributed by atoms with van der Waals surface area (Å²) in [5.74, 6) is -1.17. The van der Waals surface area contributed by atoms with E-state index in [1.807, 2.05) is 6.92 Å². The number of aromatic nitrogens is 1. The van der Waals surface area contributed by atoms with Crippen LogP contribution in [0.4, 0.5) is 0 Å². The summed E-state index contributed by atoms with van der Waals surface area (Å²) in [5.41, 5.74) is 1.66. The number of aromatic carboxylic acids is 1. The number of benzene rings is 1. The largest absolute Gasteiger partial charge is 0.507 e. The first-order valence-corrected chi connectivity index (χ1v) is 8.01. The highest BCUT2D eigenvalue weighted by Gasteiger charge is 2.21. The zero-order chi connectivity index (χ0) is 19.3. The number of hydrogen-bond donors (Lipinski definition) is 3. The van der Waals surface area contributed by atoms with Gasteiger partial charge in [0.1, 0.15) is 17.1 Å². The van der Waals surface area contributed by atoms with Gasteiger partial charge in [-0.25, -0.2) is 4.79 Å². The summed E-state index contributed by atoms with van der Waals surface area (Å²) in [5, 5.41) is 20.1. The van der Waals surface area contributed by atoms with Crippen molar-refractivity contribution >= 4 is 18.1 Å². The fraction of sp³-hybridized carbons (Fsp3) is 0.200. The summed E-state index contributed by atoms with van der Waals surface area (Å²) in [7, 11) is 1.46. The maximum Gasteiger partial charge on any atom is 0.340 e. The molecule has 2 rings (SSSR count). The van der Waals surface area contributed by atoms with E-state index in [9.17, 15) is 19.8 Å². The van der Waals surface area contributed by atoms with Gasteiger partial charge in [-0.05, 0) is 43.5 Å². The number of carboxylic acid groups (broad SMARTS) is 1. The van der Waals surface area contributed by atoms with E-state index in [0.717, 1.165) is 5.57 Å². The first-order valence-electron chi connectivity index (χ1n) is 8.01. The predicted octanol–water partition coefficient (Wildman–Crippen LogP) is 3.47. The summed E-state index contributed by atoms with van der Waals surface area (Å²) < 4.78 is 5.33. The number of nitrogens with one attached hydrogen (secondary N) is 1. The van der Waals surface area contributed by atoms with Crippen molar-refractivity contribution < 1.29 is 19.7 Å². The summed E-state index contributed by atoms with van der Waals surface area (Å²) in [6.45, 7) is 5.68. The molecule has 0 fully saturated rings. The molecule has 0 bridgehead atoms. The van der Waals surface area contributed by atoms with Crippen LogP contribution in [0, 0.1) is 0 Å². The molecule has 0 spiro atoms. The number of allylic oxidation sites excluding steroid dienone is 1. The van der Waals surface area contributed by atoms with Crippen LogP contribution >= 0.6 is 0 Å². The van der Waals surface area contributed by atoms with Gasteiger partial charge in [-0.15, -0.1) is 6.58 Å². The lowest BCUT2D eigenvalue weighted by atomic mass is 9.96. The van der Waals surface area contributed by atoms with Crippen molar-refractivity contribution in [2.45, 2.75) is 19.8 Å². The van der Waals surface area contributed by atoms with Crippen molar-refractivity contribution in [3.63, 3.8) is 0 Å². The lowest BCUT2D eigenvalue weighted by Crippen LogP contribution is -2.05. The third-order valence-electron chi connectivity index (χ3n) is 3.86. The minimum absolute atomic E-state index is 0.211. The van der Waals surface area contributed by atoms with Crippen molar-refractivity contribution in [3.8, 4) is 11.5 Å². The normalized spacial score (nSPS) is 10.8. The zero-order valence-electron chi connectivity index (χ0n) is 14.7. The molecule has 1 aromatic heterocycles. The molecular formula is C20H21NO5. The number of carbonyl (C=O) groups is 1. The molecule has 0 unspecified atom stereocenters. The maximum atomic E-state index is 11.7. The van der Waals surface area contributed by atoms with Gasteiger partial charge < -0.3 is 19.9 Å². The molecular weight excluding hydrogens is 334 g/mol. The van der Waals surface area contributed by atoms with Crippen LogP contribution < -0.4 is 10.3 Å². The summed E-state index contributed by atoms with van der Waals surface area (Å²) in [6, 6.07) is 6.21. The first kappa shape index (κ1) is 19.1. The first-order chi connectivity index (χ1) is 12.3. The Hall–Kier alpha value is -3.28. The minimum Gasteiger partial charge on any atom is -0.507 e. The highest BCUT2D eigenvalue weighted by Crippen LogP contribution is 2.36. The van der Waals surface area contributed by atoms with Crippen LogP contribution in [-0.4, -0.2) is 28.3 Å². The summed E-state index contributed by atoms with van der Waals surface area (Å²) in [6.07, 6.45) is 4.10. The molecule has 0 aliphatic carbocycles. The summed E-state index contributed by atoms with van der Waals surface area (Å²) >= 11 is 0. The second kappa shape index (κ2) is 8.20. The van der Waals surface area contributed by atoms with Crippen LogP contribution in [0.3, 0.4) is 0 Å². The molecule has 0 aliphatic heterocycles. The highest BCUT2D eigenvalue weighted by molar-refractivity contribution is 5.97. The average Bonchev–Trinajstić information content (AvgIpc) is 2.57. The van der Waals surface area contributed by atoms with Gasteiger partial charge in [0.25, 0.3) is 0 Å². The molecule has 1 aromatic carbocycles. The van der Waals surface area contributed by atoms with Gasteiger partial charge in [-0.2, -0.15) is 0 Å². The number of phenols is 1. The zero-order valence-corrected chi connectivity index (χ0v) is 14.7. The van der Waals surface area contributed by atoms with Crippen LogP contribution in [0.15, 0.2) is 41.2 Å². The lowest BCUT2D eigenvalue weighted by molar-refractivity contribution is 0.0693. The Morgan fingerprint density at radius 1 is 1.35 bits per heavy atom. The molecule has 1 heterocycles. The molecule has 0 aliphatic rings. The second-order valence-corrected chi connectivity index (χ2v) is 5.94. The smallest absolute Gasteiger partial charge is 0.340 e. The van der Waals surface area contributed by atoms with E-state index in [1.165, 1.54) is 19.3 Å². The van der Waals surface area contributed by atoms with E-state index < -0.39 is 5.97 Å². The maximum absolute atomic E-state index is 11.7. The van der Waals surface area contributed by atoms with Crippen LogP contribution in [-0.2, 0) is 6.42 Å². The van der Waals surface area contributed by atoms with Crippen molar-refractivity contribution in [2.75, 3.05) is 7.11 Å². The Balaban J connectivity index is 2.54. The number of methoxy groups -OCH3 is 1. The molecule has 2 aromatic rings. The Morgan fingerprint density at radius 2 is 2.08 bits per heavy atom. The number of H-pyrrole nitrogens is 1. The highest BCUT2D eigenvalue weighted by atomic mass is 16.5. The number of rotatable bonds is 7. The predicted molar refractivity (Wildman–Crippen MR) is 101 cm³/mol. The van der Waals surface area contributed by atoms with Crippen LogP contribution in [0.5, 0.6) is 11.5 Å². The minimum atomic E-state index is -1.25. The molecule has 26 heavy (non-hydrogen) atoms. The number of hydrogen-bond acceptors (Lipinski definition) is 4. The monoisotopic (exact) mass is 355 g/mol. The number of pyridine rings is 1. The number of aromatic hydroxyl groups is 1. The molecule has 0 amide bonds. The van der Waals surface area contributed by atoms with Gasteiger partial charge in [0.05, 0.1) is 7.11 Å². The van der Waals surface area contributed by atoms with E-state index in [0.29, 0.717) is 29.8 Å². The molecule has 136 valence electrons. The quantitative estimate of drug-likeness (QED) is 0.661. The fourth-order valence-corrected chi connectivity index (χ4v) is 2.56. The Kier molecular flexibility index (Phi) is 6.01. The van der Waals surface area contributed by atoms with Gasteiger partial charge in [0.15, 0.2) is 0 Å². The molecule has 6 nitrogen and oxygen atoms in total. The third-order valence-corrected chi connectivity index (χ3v) is 3.86. The molecule has 0 radical (unpaired) electrons. The van der Waals surface area contributed by atoms with Crippen molar-refractivity contribution in [1.29, 1.82) is 0 Å². The number of carboxylic acids is 1. The Bertz CT molecular complexity index is 924. The van der Waals surface area contributed by atoms with E-state index >= 15 is 0 Å². The van der Waals surface area contributed by atoms with E-state index in [-0.39, 0.29) is 22.4 Å². The Morgan fingerprint density at radius 3 is 2.65 bits per heavy atom. The molecule has 0 saturated carbocycles. The van der Waals surface area contributed by atoms with Crippen molar-refractivity contribution in [3.05, 3.63) is 69.2 Å². The van der Waals surface area contributed by atoms with E-state index in [2.05, 4.69) is 11.6 Å². The average molecular weight is 355 g/mol. The number of ether oxygens (including phenoxy) is 1. The van der Waals surface area contributed by atoms with Gasteiger partial charge in [-0.3, -0.25) is 4.79 Å². The van der Waals surface area contributed by atoms with Gasteiger partial charge in [0.2, 0.25) is 5.56 Å². The topological polar surface area (TPSA) is 99.6 Å².